The minimum absolute atomic E-state index is 0.132. The second-order valence-corrected chi connectivity index (χ2v) is 5.07. The van der Waals surface area contributed by atoms with Crippen LogP contribution >= 0.6 is 11.6 Å². The molecule has 23 heavy (non-hydrogen) atoms. The Kier molecular flexibility index (Phi) is 3.63. The summed E-state index contributed by atoms with van der Waals surface area (Å²) in [6.45, 7) is 0. The molecule has 2 N–H and O–H groups in total. The third kappa shape index (κ3) is 2.94. The third-order valence-electron chi connectivity index (χ3n) is 3.10. The van der Waals surface area contributed by atoms with E-state index in [1.54, 1.807) is 0 Å². The fraction of sp³-hybridized carbons (Fsp3) is 0.0714. The number of aromatic amines is 1. The van der Waals surface area contributed by atoms with Crippen LogP contribution in [0.25, 0.3) is 10.9 Å². The van der Waals surface area contributed by atoms with Gasteiger partial charge in [-0.05, 0) is 18.2 Å². The second-order valence-electron chi connectivity index (χ2n) is 4.66. The first-order valence-electron chi connectivity index (χ1n) is 6.22. The molecule has 2 aromatic heterocycles. The van der Waals surface area contributed by atoms with E-state index in [1.807, 2.05) is 0 Å². The van der Waals surface area contributed by atoms with E-state index in [9.17, 15) is 22.0 Å². The summed E-state index contributed by atoms with van der Waals surface area (Å²) in [6, 6.07) is 4.18. The van der Waals surface area contributed by atoms with Crippen molar-refractivity contribution < 1.29 is 22.0 Å². The van der Waals surface area contributed by atoms with Gasteiger partial charge in [0.1, 0.15) is 5.82 Å². The Labute approximate surface area is 131 Å². The summed E-state index contributed by atoms with van der Waals surface area (Å²) in [5.41, 5.74) is -0.695. The maximum absolute atomic E-state index is 13.3. The number of fused-ring (bicyclic) bond motifs is 1. The molecular formula is C14H7ClF5N3. The average molecular weight is 348 g/mol. The Bertz CT molecular complexity index is 888. The van der Waals surface area contributed by atoms with Gasteiger partial charge >= 0.3 is 6.18 Å². The molecule has 1 aromatic carbocycles. The Hall–Kier alpha value is -2.35. The summed E-state index contributed by atoms with van der Waals surface area (Å²) in [4.78, 5) is 6.10. The van der Waals surface area contributed by atoms with E-state index < -0.39 is 28.5 Å². The number of aromatic nitrogens is 2. The van der Waals surface area contributed by atoms with Crippen LogP contribution in [-0.4, -0.2) is 9.97 Å². The van der Waals surface area contributed by atoms with Crippen LogP contribution in [0.4, 0.5) is 33.5 Å². The molecule has 0 spiro atoms. The molecule has 0 aliphatic heterocycles. The predicted molar refractivity (Wildman–Crippen MR) is 75.7 cm³/mol. The van der Waals surface area contributed by atoms with E-state index in [0.29, 0.717) is 0 Å². The topological polar surface area (TPSA) is 40.7 Å². The van der Waals surface area contributed by atoms with E-state index in [-0.39, 0.29) is 22.4 Å². The molecule has 0 radical (unpaired) electrons. The number of anilines is 2. The van der Waals surface area contributed by atoms with E-state index in [1.165, 1.54) is 12.3 Å². The number of nitrogens with zero attached hydrogens (tertiary/aromatic N) is 1. The third-order valence-corrected chi connectivity index (χ3v) is 3.40. The van der Waals surface area contributed by atoms with Crippen molar-refractivity contribution in [2.45, 2.75) is 6.18 Å². The molecule has 0 saturated carbocycles. The molecule has 0 atom stereocenters. The van der Waals surface area contributed by atoms with E-state index >= 15 is 0 Å². The highest BCUT2D eigenvalue weighted by molar-refractivity contribution is 6.31. The Morgan fingerprint density at radius 1 is 1.09 bits per heavy atom. The van der Waals surface area contributed by atoms with Crippen molar-refractivity contribution in [3.63, 3.8) is 0 Å². The summed E-state index contributed by atoms with van der Waals surface area (Å²) in [6.07, 6.45) is -3.34. The minimum Gasteiger partial charge on any atom is -0.359 e. The quantitative estimate of drug-likeness (QED) is 0.621. The SMILES string of the molecule is Fc1cc2[nH]cc(Nc3ccc(Cl)c(C(F)(F)F)n3)c2cc1F. The van der Waals surface area contributed by atoms with Gasteiger partial charge in [-0.25, -0.2) is 13.8 Å². The molecule has 0 fully saturated rings. The molecule has 0 unspecified atom stereocenters. The van der Waals surface area contributed by atoms with Gasteiger partial charge in [0.2, 0.25) is 0 Å². The minimum atomic E-state index is -4.70. The number of hydrogen-bond acceptors (Lipinski definition) is 2. The van der Waals surface area contributed by atoms with Crippen LogP contribution < -0.4 is 5.32 Å². The van der Waals surface area contributed by atoms with Gasteiger partial charge in [0.15, 0.2) is 17.3 Å². The van der Waals surface area contributed by atoms with Crippen LogP contribution in [0.15, 0.2) is 30.5 Å². The first kappa shape index (κ1) is 15.5. The molecular weight excluding hydrogens is 341 g/mol. The predicted octanol–water partition coefficient (Wildman–Crippen LogP) is 5.26. The average Bonchev–Trinajstić information content (AvgIpc) is 2.83. The van der Waals surface area contributed by atoms with Gasteiger partial charge in [0.05, 0.1) is 16.2 Å². The largest absolute Gasteiger partial charge is 0.434 e. The zero-order valence-corrected chi connectivity index (χ0v) is 11.9. The summed E-state index contributed by atoms with van der Waals surface area (Å²) in [7, 11) is 0. The van der Waals surface area contributed by atoms with Crippen molar-refractivity contribution in [3.05, 3.63) is 52.8 Å². The summed E-state index contributed by atoms with van der Waals surface area (Å²) < 4.78 is 64.8. The Morgan fingerprint density at radius 2 is 1.78 bits per heavy atom. The van der Waals surface area contributed by atoms with Gasteiger partial charge in [-0.3, -0.25) is 0 Å². The van der Waals surface area contributed by atoms with Crippen molar-refractivity contribution >= 4 is 34.0 Å². The summed E-state index contributed by atoms with van der Waals surface area (Å²) >= 11 is 5.49. The molecule has 0 amide bonds. The highest BCUT2D eigenvalue weighted by atomic mass is 35.5. The molecule has 9 heteroatoms. The number of hydrogen-bond donors (Lipinski definition) is 2. The summed E-state index contributed by atoms with van der Waals surface area (Å²) in [5, 5.41) is 2.36. The number of alkyl halides is 3. The Balaban J connectivity index is 2.01. The van der Waals surface area contributed by atoms with Gasteiger partial charge in [0.25, 0.3) is 0 Å². The van der Waals surface area contributed by atoms with Crippen LogP contribution in [0.1, 0.15) is 5.69 Å². The molecule has 3 nitrogen and oxygen atoms in total. The van der Waals surface area contributed by atoms with Crippen molar-refractivity contribution in [1.29, 1.82) is 0 Å². The lowest BCUT2D eigenvalue weighted by Gasteiger charge is -2.10. The van der Waals surface area contributed by atoms with Crippen molar-refractivity contribution in [2.24, 2.45) is 0 Å². The van der Waals surface area contributed by atoms with E-state index in [0.717, 1.165) is 18.2 Å². The number of H-pyrrole nitrogens is 1. The lowest BCUT2D eigenvalue weighted by molar-refractivity contribution is -0.140. The first-order chi connectivity index (χ1) is 10.8. The lowest BCUT2D eigenvalue weighted by Crippen LogP contribution is -2.10. The molecule has 2 heterocycles. The maximum atomic E-state index is 13.3. The molecule has 3 rings (SSSR count). The monoisotopic (exact) mass is 347 g/mol. The van der Waals surface area contributed by atoms with E-state index in [4.69, 9.17) is 11.6 Å². The molecule has 0 bridgehead atoms. The van der Waals surface area contributed by atoms with Crippen LogP contribution in [0, 0.1) is 11.6 Å². The number of rotatable bonds is 2. The normalized spacial score (nSPS) is 11.9. The molecule has 0 aliphatic rings. The Morgan fingerprint density at radius 3 is 2.48 bits per heavy atom. The molecule has 0 aliphatic carbocycles. The smallest absolute Gasteiger partial charge is 0.359 e. The van der Waals surface area contributed by atoms with Crippen LogP contribution in [0.5, 0.6) is 0 Å². The van der Waals surface area contributed by atoms with Gasteiger partial charge in [-0.15, -0.1) is 0 Å². The van der Waals surface area contributed by atoms with Gasteiger partial charge in [-0.1, -0.05) is 11.6 Å². The molecule has 3 aromatic rings. The van der Waals surface area contributed by atoms with Crippen molar-refractivity contribution in [3.8, 4) is 0 Å². The number of nitrogens with one attached hydrogen (secondary N) is 2. The fourth-order valence-corrected chi connectivity index (χ4v) is 2.28. The molecule has 120 valence electrons. The van der Waals surface area contributed by atoms with Gasteiger partial charge in [0, 0.05) is 17.6 Å². The highest BCUT2D eigenvalue weighted by Crippen LogP contribution is 2.35. The van der Waals surface area contributed by atoms with E-state index in [2.05, 4.69) is 15.3 Å². The zero-order chi connectivity index (χ0) is 16.8. The fourth-order valence-electron chi connectivity index (χ4n) is 2.07. The zero-order valence-electron chi connectivity index (χ0n) is 11.1. The van der Waals surface area contributed by atoms with Gasteiger partial charge in [-0.2, -0.15) is 13.2 Å². The van der Waals surface area contributed by atoms with Crippen LogP contribution in [0.3, 0.4) is 0 Å². The van der Waals surface area contributed by atoms with Crippen molar-refractivity contribution in [2.75, 3.05) is 5.32 Å². The lowest BCUT2D eigenvalue weighted by atomic mass is 10.2. The van der Waals surface area contributed by atoms with Gasteiger partial charge < -0.3 is 10.3 Å². The standard InChI is InChI=1S/C14H7ClF5N3/c15-7-1-2-12(23-13(7)14(18,19)20)22-11-5-21-10-4-9(17)8(16)3-6(10)11/h1-5,21H,(H,22,23). The molecule has 0 saturated heterocycles. The van der Waals surface area contributed by atoms with Crippen LogP contribution in [0.2, 0.25) is 5.02 Å². The number of halogens is 6. The summed E-state index contributed by atoms with van der Waals surface area (Å²) in [5.74, 6) is -2.23. The highest BCUT2D eigenvalue weighted by Gasteiger charge is 2.35. The number of pyridine rings is 1. The number of benzene rings is 1. The van der Waals surface area contributed by atoms with Crippen LogP contribution in [-0.2, 0) is 6.18 Å². The van der Waals surface area contributed by atoms with Crippen molar-refractivity contribution in [1.82, 2.24) is 9.97 Å². The maximum Gasteiger partial charge on any atom is 0.434 e. The first-order valence-corrected chi connectivity index (χ1v) is 6.60. The second kappa shape index (κ2) is 5.38.